The summed E-state index contributed by atoms with van der Waals surface area (Å²) in [5.74, 6) is 1.64. The van der Waals surface area contributed by atoms with Gasteiger partial charge in [-0.3, -0.25) is 0 Å². The SMILES string of the molecule is COC(=O)c1sccc1Nc1nc(Cc2ccc(N3CCOCC3)cc2OC)nc2cc[nH]c12. The number of rotatable bonds is 7. The number of H-pyrrole nitrogens is 1. The van der Waals surface area contributed by atoms with Crippen molar-refractivity contribution in [3.8, 4) is 5.75 Å². The van der Waals surface area contributed by atoms with Gasteiger partial charge in [0.2, 0.25) is 0 Å². The number of methoxy groups -OCH3 is 2. The van der Waals surface area contributed by atoms with Crippen molar-refractivity contribution in [3.05, 3.63) is 58.2 Å². The molecule has 0 radical (unpaired) electrons. The van der Waals surface area contributed by atoms with E-state index >= 15 is 0 Å². The number of hydrogen-bond donors (Lipinski definition) is 2. The molecule has 0 spiro atoms. The lowest BCUT2D eigenvalue weighted by molar-refractivity contribution is 0.0607. The van der Waals surface area contributed by atoms with Crippen molar-refractivity contribution in [3.63, 3.8) is 0 Å². The van der Waals surface area contributed by atoms with Gasteiger partial charge in [-0.2, -0.15) is 0 Å². The van der Waals surface area contributed by atoms with Crippen LogP contribution in [0.4, 0.5) is 17.2 Å². The number of aromatic amines is 1. The first kappa shape index (κ1) is 22.2. The molecule has 0 saturated carbocycles. The van der Waals surface area contributed by atoms with E-state index in [1.165, 1.54) is 18.4 Å². The van der Waals surface area contributed by atoms with Crippen molar-refractivity contribution in [1.82, 2.24) is 15.0 Å². The molecule has 4 heterocycles. The van der Waals surface area contributed by atoms with Crippen molar-refractivity contribution in [1.29, 1.82) is 0 Å². The minimum atomic E-state index is -0.389. The molecule has 0 bridgehead atoms. The molecular weight excluding hydrogens is 454 g/mol. The minimum Gasteiger partial charge on any atom is -0.496 e. The number of morpholine rings is 1. The normalized spacial score (nSPS) is 13.8. The largest absolute Gasteiger partial charge is 0.496 e. The van der Waals surface area contributed by atoms with Gasteiger partial charge in [0.05, 0.1) is 38.6 Å². The molecule has 0 atom stereocenters. The number of esters is 1. The van der Waals surface area contributed by atoms with Gasteiger partial charge in [0.15, 0.2) is 5.82 Å². The highest BCUT2D eigenvalue weighted by Crippen LogP contribution is 2.31. The third-order valence-electron chi connectivity index (χ3n) is 5.74. The van der Waals surface area contributed by atoms with Crippen LogP contribution in [0.15, 0.2) is 41.9 Å². The van der Waals surface area contributed by atoms with Gasteiger partial charge in [-0.15, -0.1) is 11.3 Å². The van der Waals surface area contributed by atoms with Gasteiger partial charge in [0.25, 0.3) is 0 Å². The molecule has 1 aliphatic rings. The van der Waals surface area contributed by atoms with Crippen molar-refractivity contribution in [2.75, 3.05) is 50.7 Å². The van der Waals surface area contributed by atoms with E-state index in [0.29, 0.717) is 28.6 Å². The molecule has 1 fully saturated rings. The number of nitrogens with zero attached hydrogens (tertiary/aromatic N) is 3. The Kier molecular flexibility index (Phi) is 6.33. The number of thiophene rings is 1. The number of fused-ring (bicyclic) bond motifs is 1. The fourth-order valence-corrected chi connectivity index (χ4v) is 4.78. The van der Waals surface area contributed by atoms with Crippen molar-refractivity contribution < 1.29 is 19.0 Å². The van der Waals surface area contributed by atoms with Gasteiger partial charge in [-0.05, 0) is 23.6 Å². The second kappa shape index (κ2) is 9.70. The summed E-state index contributed by atoms with van der Waals surface area (Å²) in [6.07, 6.45) is 2.32. The Bertz CT molecular complexity index is 1310. The van der Waals surface area contributed by atoms with E-state index in [9.17, 15) is 4.79 Å². The standard InChI is InChI=1S/C24H25N5O4S/c1-31-19-14-16(29-8-10-33-11-9-29)4-3-15(19)13-20-26-17-5-7-25-21(17)23(28-20)27-18-6-12-34-22(18)24(30)32-2/h3-7,12,14,25H,8-11,13H2,1-2H3,(H,26,27,28). The highest BCUT2D eigenvalue weighted by Gasteiger charge is 2.18. The Morgan fingerprint density at radius 2 is 2.06 bits per heavy atom. The molecule has 3 aromatic heterocycles. The van der Waals surface area contributed by atoms with Crippen LogP contribution in [0.5, 0.6) is 5.75 Å². The topological polar surface area (TPSA) is 102 Å². The summed E-state index contributed by atoms with van der Waals surface area (Å²) >= 11 is 1.31. The van der Waals surface area contributed by atoms with E-state index in [4.69, 9.17) is 24.2 Å². The average Bonchev–Trinajstić information content (AvgIpc) is 3.54. The zero-order chi connectivity index (χ0) is 23.5. The lowest BCUT2D eigenvalue weighted by Gasteiger charge is -2.29. The third-order valence-corrected chi connectivity index (χ3v) is 6.63. The Labute approximate surface area is 200 Å². The number of nitrogens with one attached hydrogen (secondary N) is 2. The van der Waals surface area contributed by atoms with Gasteiger partial charge in [0.1, 0.15) is 22.0 Å². The molecular formula is C24H25N5O4S. The Hall–Kier alpha value is -3.63. The monoisotopic (exact) mass is 479 g/mol. The number of benzene rings is 1. The molecule has 1 aliphatic heterocycles. The predicted octanol–water partition coefficient (Wildman–Crippen LogP) is 3.99. The number of hydrogen-bond acceptors (Lipinski definition) is 9. The second-order valence-electron chi connectivity index (χ2n) is 7.78. The van der Waals surface area contributed by atoms with Crippen LogP contribution in [0.2, 0.25) is 0 Å². The maximum Gasteiger partial charge on any atom is 0.350 e. The van der Waals surface area contributed by atoms with Gasteiger partial charge >= 0.3 is 5.97 Å². The Morgan fingerprint density at radius 3 is 2.85 bits per heavy atom. The number of ether oxygens (including phenoxy) is 3. The lowest BCUT2D eigenvalue weighted by Crippen LogP contribution is -2.36. The van der Waals surface area contributed by atoms with Crippen molar-refractivity contribution in [2.45, 2.75) is 6.42 Å². The summed E-state index contributed by atoms with van der Waals surface area (Å²) in [5.41, 5.74) is 4.30. The molecule has 1 saturated heterocycles. The van der Waals surface area contributed by atoms with Gasteiger partial charge in [-0.1, -0.05) is 6.07 Å². The van der Waals surface area contributed by atoms with Crippen LogP contribution in [-0.4, -0.2) is 61.4 Å². The smallest absolute Gasteiger partial charge is 0.350 e. The summed E-state index contributed by atoms with van der Waals surface area (Å²) in [6.45, 7) is 3.18. The third kappa shape index (κ3) is 4.42. The van der Waals surface area contributed by atoms with E-state index < -0.39 is 0 Å². The van der Waals surface area contributed by atoms with E-state index in [1.54, 1.807) is 7.11 Å². The van der Waals surface area contributed by atoms with E-state index in [1.807, 2.05) is 23.7 Å². The number of anilines is 3. The second-order valence-corrected chi connectivity index (χ2v) is 8.69. The minimum absolute atomic E-state index is 0.389. The quantitative estimate of drug-likeness (QED) is 0.384. The Balaban J connectivity index is 1.45. The Morgan fingerprint density at radius 1 is 1.21 bits per heavy atom. The van der Waals surface area contributed by atoms with Crippen LogP contribution in [0.1, 0.15) is 21.1 Å². The maximum atomic E-state index is 12.1. The first-order chi connectivity index (χ1) is 16.7. The zero-order valence-electron chi connectivity index (χ0n) is 19.0. The molecule has 0 amide bonds. The first-order valence-corrected chi connectivity index (χ1v) is 11.8. The van der Waals surface area contributed by atoms with Crippen LogP contribution in [0, 0.1) is 0 Å². The summed E-state index contributed by atoms with van der Waals surface area (Å²) in [6, 6.07) is 9.96. The highest BCUT2D eigenvalue weighted by atomic mass is 32.1. The summed E-state index contributed by atoms with van der Waals surface area (Å²) in [4.78, 5) is 27.6. The van der Waals surface area contributed by atoms with Crippen LogP contribution in [0.25, 0.3) is 11.0 Å². The van der Waals surface area contributed by atoms with Gasteiger partial charge in [-0.25, -0.2) is 14.8 Å². The molecule has 0 unspecified atom stereocenters. The number of carbonyl (C=O) groups is 1. The summed E-state index contributed by atoms with van der Waals surface area (Å²) in [7, 11) is 3.05. The van der Waals surface area contributed by atoms with Crippen molar-refractivity contribution in [2.24, 2.45) is 0 Å². The molecule has 1 aromatic carbocycles. The number of carbonyl (C=O) groups excluding carboxylic acids is 1. The first-order valence-electron chi connectivity index (χ1n) is 10.9. The maximum absolute atomic E-state index is 12.1. The number of aromatic nitrogens is 3. The van der Waals surface area contributed by atoms with Gasteiger partial charge < -0.3 is 29.4 Å². The molecule has 10 heteroatoms. The van der Waals surface area contributed by atoms with Crippen LogP contribution in [0.3, 0.4) is 0 Å². The van der Waals surface area contributed by atoms with Gasteiger partial charge in [0, 0.05) is 43.0 Å². The predicted molar refractivity (Wildman–Crippen MR) is 132 cm³/mol. The van der Waals surface area contributed by atoms with Crippen LogP contribution < -0.4 is 15.0 Å². The van der Waals surface area contributed by atoms with Crippen molar-refractivity contribution >= 4 is 45.5 Å². The molecule has 0 aliphatic carbocycles. The molecule has 5 rings (SSSR count). The molecule has 4 aromatic rings. The fraction of sp³-hybridized carbons (Fsp3) is 0.292. The molecule has 176 valence electrons. The fourth-order valence-electron chi connectivity index (χ4n) is 4.02. The molecule has 9 nitrogen and oxygen atoms in total. The summed E-state index contributed by atoms with van der Waals surface area (Å²) in [5, 5.41) is 5.12. The van der Waals surface area contributed by atoms with E-state index in [2.05, 4.69) is 33.4 Å². The zero-order valence-corrected chi connectivity index (χ0v) is 19.8. The highest BCUT2D eigenvalue weighted by molar-refractivity contribution is 7.12. The van der Waals surface area contributed by atoms with Crippen LogP contribution >= 0.6 is 11.3 Å². The van der Waals surface area contributed by atoms with E-state index in [0.717, 1.165) is 54.3 Å². The molecule has 34 heavy (non-hydrogen) atoms. The summed E-state index contributed by atoms with van der Waals surface area (Å²) < 4.78 is 16.1. The lowest BCUT2D eigenvalue weighted by atomic mass is 10.1. The average molecular weight is 480 g/mol. The van der Waals surface area contributed by atoms with E-state index in [-0.39, 0.29) is 5.97 Å². The molecule has 2 N–H and O–H groups in total. The van der Waals surface area contributed by atoms with Crippen LogP contribution in [-0.2, 0) is 15.9 Å².